The third-order valence-corrected chi connectivity index (χ3v) is 3.03. The van der Waals surface area contributed by atoms with Gasteiger partial charge in [-0.25, -0.2) is 0 Å². The lowest BCUT2D eigenvalue weighted by atomic mass is 9.92. The minimum absolute atomic E-state index is 0.110. The number of hydrogen-bond acceptors (Lipinski definition) is 5. The highest BCUT2D eigenvalue weighted by Crippen LogP contribution is 2.32. The molecule has 0 aliphatic heterocycles. The van der Waals surface area contributed by atoms with E-state index in [0.29, 0.717) is 24.1 Å². The van der Waals surface area contributed by atoms with Crippen LogP contribution in [0.2, 0.25) is 0 Å². The second kappa shape index (κ2) is 6.81. The van der Waals surface area contributed by atoms with Crippen LogP contribution in [0.1, 0.15) is 40.0 Å². The van der Waals surface area contributed by atoms with Gasteiger partial charge in [0.2, 0.25) is 11.7 Å². The van der Waals surface area contributed by atoms with E-state index in [4.69, 9.17) is 14.0 Å². The molecule has 0 amide bonds. The molecule has 0 spiro atoms. The van der Waals surface area contributed by atoms with Crippen molar-refractivity contribution in [3.8, 4) is 22.9 Å². The number of aromatic nitrogens is 2. The molecule has 5 heteroatoms. The maximum atomic E-state index is 5.65. The third-order valence-electron chi connectivity index (χ3n) is 3.03. The summed E-state index contributed by atoms with van der Waals surface area (Å²) in [6.45, 7) is 9.14. The highest BCUT2D eigenvalue weighted by Gasteiger charge is 2.18. The number of ether oxygens (including phenoxy) is 2. The number of hydrogen-bond donors (Lipinski definition) is 0. The lowest BCUT2D eigenvalue weighted by Crippen LogP contribution is -2.09. The molecular formula is C17H24N2O3. The topological polar surface area (TPSA) is 57.4 Å². The first-order chi connectivity index (χ1) is 10.4. The van der Waals surface area contributed by atoms with Crippen molar-refractivity contribution in [3.63, 3.8) is 0 Å². The Morgan fingerprint density at radius 2 is 1.95 bits per heavy atom. The van der Waals surface area contributed by atoms with Crippen molar-refractivity contribution in [1.29, 1.82) is 0 Å². The summed E-state index contributed by atoms with van der Waals surface area (Å²) < 4.78 is 16.4. The molecule has 0 atom stereocenters. The predicted octanol–water partition coefficient (Wildman–Crippen LogP) is 4.12. The SMILES string of the molecule is CCCOc1ccc(-c2noc(CC(C)(C)C)n2)cc1OC. The molecule has 0 N–H and O–H groups in total. The van der Waals surface area contributed by atoms with E-state index < -0.39 is 0 Å². The lowest BCUT2D eigenvalue weighted by Gasteiger charge is -2.13. The predicted molar refractivity (Wildman–Crippen MR) is 85.2 cm³/mol. The fourth-order valence-electron chi connectivity index (χ4n) is 2.04. The van der Waals surface area contributed by atoms with Gasteiger partial charge in [-0.2, -0.15) is 4.98 Å². The molecule has 0 bridgehead atoms. The molecule has 0 aliphatic rings. The Morgan fingerprint density at radius 1 is 1.18 bits per heavy atom. The van der Waals surface area contributed by atoms with E-state index in [1.54, 1.807) is 7.11 Å². The van der Waals surface area contributed by atoms with E-state index in [-0.39, 0.29) is 5.41 Å². The van der Waals surface area contributed by atoms with Gasteiger partial charge in [0, 0.05) is 12.0 Å². The largest absolute Gasteiger partial charge is 0.493 e. The van der Waals surface area contributed by atoms with Crippen LogP contribution in [0.4, 0.5) is 0 Å². The Hall–Kier alpha value is -2.04. The molecule has 0 saturated heterocycles. The molecule has 1 heterocycles. The molecule has 0 aliphatic carbocycles. The van der Waals surface area contributed by atoms with Crippen molar-refractivity contribution in [3.05, 3.63) is 24.1 Å². The van der Waals surface area contributed by atoms with Crippen LogP contribution in [0.5, 0.6) is 11.5 Å². The quantitative estimate of drug-likeness (QED) is 0.803. The van der Waals surface area contributed by atoms with Gasteiger partial charge in [-0.1, -0.05) is 32.9 Å². The van der Waals surface area contributed by atoms with Gasteiger partial charge < -0.3 is 14.0 Å². The van der Waals surface area contributed by atoms with Gasteiger partial charge in [0.15, 0.2) is 11.5 Å². The van der Waals surface area contributed by atoms with Crippen LogP contribution in [-0.2, 0) is 6.42 Å². The number of benzene rings is 1. The van der Waals surface area contributed by atoms with E-state index in [0.717, 1.165) is 24.2 Å². The van der Waals surface area contributed by atoms with E-state index in [1.165, 1.54) is 0 Å². The summed E-state index contributed by atoms with van der Waals surface area (Å²) in [6.07, 6.45) is 1.70. The number of rotatable bonds is 6. The van der Waals surface area contributed by atoms with Gasteiger partial charge in [0.1, 0.15) is 0 Å². The second-order valence-corrected chi connectivity index (χ2v) is 6.46. The van der Waals surface area contributed by atoms with Crippen LogP contribution in [0.25, 0.3) is 11.4 Å². The van der Waals surface area contributed by atoms with Crippen molar-refractivity contribution in [2.24, 2.45) is 5.41 Å². The normalized spacial score (nSPS) is 11.5. The Bertz CT molecular complexity index is 615. The maximum Gasteiger partial charge on any atom is 0.227 e. The Labute approximate surface area is 131 Å². The maximum absolute atomic E-state index is 5.65. The minimum atomic E-state index is 0.110. The van der Waals surface area contributed by atoms with Crippen LogP contribution in [0.3, 0.4) is 0 Å². The zero-order valence-corrected chi connectivity index (χ0v) is 14.0. The molecule has 22 heavy (non-hydrogen) atoms. The van der Waals surface area contributed by atoms with Gasteiger partial charge in [0.05, 0.1) is 13.7 Å². The molecule has 0 radical (unpaired) electrons. The number of nitrogens with zero attached hydrogens (tertiary/aromatic N) is 2. The lowest BCUT2D eigenvalue weighted by molar-refractivity contribution is 0.294. The zero-order chi connectivity index (χ0) is 16.2. The molecule has 0 fully saturated rings. The first-order valence-electron chi connectivity index (χ1n) is 7.56. The standard InChI is InChI=1S/C17H24N2O3/c1-6-9-21-13-8-7-12(10-14(13)20-5)16-18-15(22-19-16)11-17(2,3)4/h7-8,10H,6,9,11H2,1-5H3. The smallest absolute Gasteiger partial charge is 0.227 e. The summed E-state index contributed by atoms with van der Waals surface area (Å²) in [7, 11) is 1.62. The molecule has 2 aromatic rings. The van der Waals surface area contributed by atoms with Crippen molar-refractivity contribution in [1.82, 2.24) is 10.1 Å². The fourth-order valence-corrected chi connectivity index (χ4v) is 2.04. The van der Waals surface area contributed by atoms with Crippen LogP contribution in [0.15, 0.2) is 22.7 Å². The summed E-state index contributed by atoms with van der Waals surface area (Å²) in [6, 6.07) is 5.67. The first kappa shape index (κ1) is 16.3. The molecule has 0 unspecified atom stereocenters. The van der Waals surface area contributed by atoms with Gasteiger partial charge >= 0.3 is 0 Å². The highest BCUT2D eigenvalue weighted by molar-refractivity contribution is 5.60. The zero-order valence-electron chi connectivity index (χ0n) is 14.0. The van der Waals surface area contributed by atoms with E-state index in [1.807, 2.05) is 18.2 Å². The summed E-state index contributed by atoms with van der Waals surface area (Å²) in [4.78, 5) is 4.46. The number of methoxy groups -OCH3 is 1. The van der Waals surface area contributed by atoms with Gasteiger partial charge in [-0.05, 0) is 30.0 Å². The molecule has 1 aromatic heterocycles. The minimum Gasteiger partial charge on any atom is -0.493 e. The Kier molecular flexibility index (Phi) is 5.06. The molecule has 2 rings (SSSR count). The first-order valence-corrected chi connectivity index (χ1v) is 7.56. The van der Waals surface area contributed by atoms with Crippen molar-refractivity contribution < 1.29 is 14.0 Å². The van der Waals surface area contributed by atoms with Crippen molar-refractivity contribution >= 4 is 0 Å². The average Bonchev–Trinajstić information content (AvgIpc) is 2.91. The molecule has 120 valence electrons. The summed E-state index contributed by atoms with van der Waals surface area (Å²) in [5.74, 6) is 2.62. The van der Waals surface area contributed by atoms with Crippen LogP contribution in [0, 0.1) is 5.41 Å². The summed E-state index contributed by atoms with van der Waals surface area (Å²) in [5, 5.41) is 4.06. The molecule has 0 saturated carbocycles. The third kappa shape index (κ3) is 4.23. The summed E-state index contributed by atoms with van der Waals surface area (Å²) in [5.41, 5.74) is 0.962. The molecule has 1 aromatic carbocycles. The van der Waals surface area contributed by atoms with E-state index in [9.17, 15) is 0 Å². The summed E-state index contributed by atoms with van der Waals surface area (Å²) >= 11 is 0. The van der Waals surface area contributed by atoms with E-state index in [2.05, 4.69) is 37.8 Å². The fraction of sp³-hybridized carbons (Fsp3) is 0.529. The van der Waals surface area contributed by atoms with Crippen LogP contribution >= 0.6 is 0 Å². The highest BCUT2D eigenvalue weighted by atomic mass is 16.5. The van der Waals surface area contributed by atoms with Gasteiger partial charge in [-0.15, -0.1) is 0 Å². The van der Waals surface area contributed by atoms with Crippen LogP contribution in [-0.4, -0.2) is 23.9 Å². The Morgan fingerprint density at radius 3 is 2.59 bits per heavy atom. The van der Waals surface area contributed by atoms with Crippen LogP contribution < -0.4 is 9.47 Å². The average molecular weight is 304 g/mol. The van der Waals surface area contributed by atoms with Crippen molar-refractivity contribution in [2.75, 3.05) is 13.7 Å². The van der Waals surface area contributed by atoms with Crippen molar-refractivity contribution in [2.45, 2.75) is 40.5 Å². The van der Waals surface area contributed by atoms with Gasteiger partial charge in [0.25, 0.3) is 0 Å². The van der Waals surface area contributed by atoms with E-state index >= 15 is 0 Å². The van der Waals surface area contributed by atoms with Gasteiger partial charge in [-0.3, -0.25) is 0 Å². The Balaban J connectivity index is 2.22. The monoisotopic (exact) mass is 304 g/mol. The molecule has 5 nitrogen and oxygen atoms in total. The second-order valence-electron chi connectivity index (χ2n) is 6.46. The molecular weight excluding hydrogens is 280 g/mol.